The van der Waals surface area contributed by atoms with Gasteiger partial charge >= 0.3 is 0 Å². The highest BCUT2D eigenvalue weighted by Gasteiger charge is 2.15. The Balaban J connectivity index is 1.60. The largest absolute Gasteiger partial charge is 0.484 e. The molecule has 1 N–H and O–H groups in total. The number of non-ortho nitro benzene ring substituents is 1. The highest BCUT2D eigenvalue weighted by Crippen LogP contribution is 2.29. The fourth-order valence-electron chi connectivity index (χ4n) is 2.53. The van der Waals surface area contributed by atoms with Crippen LogP contribution < -0.4 is 10.1 Å². The second-order valence-corrected chi connectivity index (χ2v) is 7.13. The van der Waals surface area contributed by atoms with Gasteiger partial charge in [0.05, 0.1) is 38.9 Å². The quantitative estimate of drug-likeness (QED) is 0.377. The average molecular weight is 484 g/mol. The maximum absolute atomic E-state index is 12.3. The van der Waals surface area contributed by atoms with Crippen LogP contribution in [-0.2, 0) is 19.7 Å². The topological polar surface area (TPSA) is 112 Å². The Morgan fingerprint density at radius 3 is 2.93 bits per heavy atom. The second kappa shape index (κ2) is 9.10. The maximum Gasteiger partial charge on any atom is 0.287 e. The van der Waals surface area contributed by atoms with Crippen LogP contribution in [0.3, 0.4) is 0 Å². The van der Waals surface area contributed by atoms with E-state index in [1.54, 1.807) is 16.9 Å². The van der Waals surface area contributed by atoms with E-state index in [9.17, 15) is 14.9 Å². The van der Waals surface area contributed by atoms with E-state index in [1.165, 1.54) is 24.3 Å². The van der Waals surface area contributed by atoms with Crippen molar-refractivity contribution in [3.8, 4) is 5.75 Å². The number of furan rings is 1. The SMILES string of the molecule is CCn1ncc(Br)c1CNC(=O)c1ccc(COc2cc([N+](=O)[O-])ccc2Cl)o1. The van der Waals surface area contributed by atoms with Crippen LogP contribution in [-0.4, -0.2) is 20.6 Å². The molecule has 3 aromatic rings. The van der Waals surface area contributed by atoms with Crippen molar-refractivity contribution < 1.29 is 18.9 Å². The molecule has 0 aliphatic heterocycles. The molecule has 1 amide bonds. The number of carbonyl (C=O) groups excluding carboxylic acids is 1. The Morgan fingerprint density at radius 2 is 2.21 bits per heavy atom. The lowest BCUT2D eigenvalue weighted by molar-refractivity contribution is -0.384. The second-order valence-electron chi connectivity index (χ2n) is 5.86. The molecule has 0 bridgehead atoms. The first-order valence-electron chi connectivity index (χ1n) is 8.53. The highest BCUT2D eigenvalue weighted by atomic mass is 79.9. The first-order chi connectivity index (χ1) is 13.9. The fraction of sp³-hybridized carbons (Fsp3) is 0.222. The molecular formula is C18H16BrClN4O5. The Kier molecular flexibility index (Phi) is 6.55. The lowest BCUT2D eigenvalue weighted by atomic mass is 10.3. The van der Waals surface area contributed by atoms with Crippen molar-refractivity contribution in [1.29, 1.82) is 0 Å². The minimum atomic E-state index is -0.540. The third-order valence-corrected chi connectivity index (χ3v) is 4.97. The van der Waals surface area contributed by atoms with Crippen LogP contribution in [0.15, 0.2) is 45.4 Å². The molecule has 9 nitrogen and oxygen atoms in total. The number of aryl methyl sites for hydroxylation is 1. The van der Waals surface area contributed by atoms with Crippen molar-refractivity contribution in [3.05, 3.63) is 73.4 Å². The molecule has 3 rings (SSSR count). The summed E-state index contributed by atoms with van der Waals surface area (Å²) in [4.78, 5) is 22.6. The first kappa shape index (κ1) is 20.9. The van der Waals surface area contributed by atoms with Gasteiger partial charge in [0.25, 0.3) is 11.6 Å². The molecule has 11 heteroatoms. The number of nitrogens with one attached hydrogen (secondary N) is 1. The Bertz CT molecular complexity index is 1050. The number of amides is 1. The molecule has 0 spiro atoms. The number of ether oxygens (including phenoxy) is 1. The van der Waals surface area contributed by atoms with Crippen molar-refractivity contribution in [1.82, 2.24) is 15.1 Å². The van der Waals surface area contributed by atoms with Crippen molar-refractivity contribution in [2.24, 2.45) is 0 Å². The van der Waals surface area contributed by atoms with Gasteiger partial charge in [0.1, 0.15) is 18.1 Å². The summed E-state index contributed by atoms with van der Waals surface area (Å²) >= 11 is 9.40. The number of nitrogens with zero attached hydrogens (tertiary/aromatic N) is 3. The van der Waals surface area contributed by atoms with Crippen LogP contribution in [0.2, 0.25) is 5.02 Å². The zero-order valence-corrected chi connectivity index (χ0v) is 17.6. The molecule has 152 valence electrons. The van der Waals surface area contributed by atoms with E-state index < -0.39 is 4.92 Å². The molecular weight excluding hydrogens is 468 g/mol. The van der Waals surface area contributed by atoms with Crippen molar-refractivity contribution in [2.75, 3.05) is 0 Å². The Labute approximate surface area is 178 Å². The van der Waals surface area contributed by atoms with Crippen LogP contribution in [0.5, 0.6) is 5.75 Å². The number of rotatable bonds is 8. The number of benzene rings is 1. The standard InChI is InChI=1S/C18H16BrClN4O5/c1-2-23-15(13(19)8-22-23)9-21-18(25)16-6-4-12(29-16)10-28-17-7-11(24(26)27)3-5-14(17)20/h3-8H,2,9-10H2,1H3,(H,21,25). The Hall–Kier alpha value is -2.85. The van der Waals surface area contributed by atoms with Crippen molar-refractivity contribution in [3.63, 3.8) is 0 Å². The van der Waals surface area contributed by atoms with E-state index in [0.717, 1.165) is 10.2 Å². The van der Waals surface area contributed by atoms with E-state index in [2.05, 4.69) is 26.3 Å². The molecule has 29 heavy (non-hydrogen) atoms. The minimum Gasteiger partial charge on any atom is -0.484 e. The van der Waals surface area contributed by atoms with Gasteiger partial charge in [0, 0.05) is 12.6 Å². The molecule has 0 aliphatic rings. The van der Waals surface area contributed by atoms with Gasteiger partial charge < -0.3 is 14.5 Å². The predicted molar refractivity (Wildman–Crippen MR) is 108 cm³/mol. The minimum absolute atomic E-state index is 0.0394. The average Bonchev–Trinajstić information content (AvgIpc) is 3.31. The van der Waals surface area contributed by atoms with Gasteiger partial charge in [-0.2, -0.15) is 5.10 Å². The zero-order valence-electron chi connectivity index (χ0n) is 15.2. The number of carbonyl (C=O) groups is 1. The summed E-state index contributed by atoms with van der Waals surface area (Å²) < 4.78 is 13.6. The van der Waals surface area contributed by atoms with Gasteiger partial charge in [-0.05, 0) is 41.1 Å². The lowest BCUT2D eigenvalue weighted by Crippen LogP contribution is -2.24. The number of hydrogen-bond acceptors (Lipinski definition) is 6. The summed E-state index contributed by atoms with van der Waals surface area (Å²) in [7, 11) is 0. The number of nitro groups is 1. The highest BCUT2D eigenvalue weighted by molar-refractivity contribution is 9.10. The van der Waals surface area contributed by atoms with Crippen LogP contribution in [0.1, 0.15) is 28.9 Å². The van der Waals surface area contributed by atoms with E-state index in [0.29, 0.717) is 12.3 Å². The van der Waals surface area contributed by atoms with Gasteiger partial charge in [-0.15, -0.1) is 0 Å². The van der Waals surface area contributed by atoms with Crippen molar-refractivity contribution >= 4 is 39.1 Å². The third kappa shape index (κ3) is 4.96. The summed E-state index contributed by atoms with van der Waals surface area (Å²) in [5.74, 6) is 0.256. The van der Waals surface area contributed by atoms with Gasteiger partial charge in [-0.3, -0.25) is 19.6 Å². The molecule has 0 radical (unpaired) electrons. The van der Waals surface area contributed by atoms with E-state index >= 15 is 0 Å². The summed E-state index contributed by atoms with van der Waals surface area (Å²) in [5, 5.41) is 18.1. The predicted octanol–water partition coefficient (Wildman–Crippen LogP) is 4.33. The molecule has 0 aliphatic carbocycles. The van der Waals surface area contributed by atoms with Gasteiger partial charge in [-0.25, -0.2) is 0 Å². The molecule has 0 saturated carbocycles. The van der Waals surface area contributed by atoms with Crippen molar-refractivity contribution in [2.45, 2.75) is 26.6 Å². The Morgan fingerprint density at radius 1 is 1.41 bits per heavy atom. The number of hydrogen-bond donors (Lipinski definition) is 1. The van der Waals surface area contributed by atoms with Crippen LogP contribution in [0, 0.1) is 10.1 Å². The summed E-state index contributed by atoms with van der Waals surface area (Å²) in [6.07, 6.45) is 1.67. The fourth-order valence-corrected chi connectivity index (χ4v) is 3.14. The van der Waals surface area contributed by atoms with Crippen LogP contribution in [0.4, 0.5) is 5.69 Å². The van der Waals surface area contributed by atoms with E-state index in [-0.39, 0.29) is 41.3 Å². The molecule has 2 heterocycles. The van der Waals surface area contributed by atoms with E-state index in [4.69, 9.17) is 20.8 Å². The number of halogens is 2. The normalized spacial score (nSPS) is 10.7. The van der Waals surface area contributed by atoms with E-state index in [1.807, 2.05) is 6.92 Å². The number of aromatic nitrogens is 2. The zero-order chi connectivity index (χ0) is 21.0. The molecule has 0 unspecified atom stereocenters. The monoisotopic (exact) mass is 482 g/mol. The van der Waals surface area contributed by atoms with Crippen LogP contribution in [0.25, 0.3) is 0 Å². The van der Waals surface area contributed by atoms with Gasteiger partial charge in [0.15, 0.2) is 5.76 Å². The smallest absolute Gasteiger partial charge is 0.287 e. The summed E-state index contributed by atoms with van der Waals surface area (Å²) in [6.45, 7) is 2.88. The molecule has 0 atom stereocenters. The molecule has 0 saturated heterocycles. The van der Waals surface area contributed by atoms with Gasteiger partial charge in [-0.1, -0.05) is 11.6 Å². The van der Waals surface area contributed by atoms with Crippen LogP contribution >= 0.6 is 27.5 Å². The summed E-state index contributed by atoms with van der Waals surface area (Å²) in [6, 6.07) is 7.01. The first-order valence-corrected chi connectivity index (χ1v) is 9.70. The maximum atomic E-state index is 12.3. The summed E-state index contributed by atoms with van der Waals surface area (Å²) in [5.41, 5.74) is 0.706. The molecule has 1 aromatic carbocycles. The number of nitro benzene ring substituents is 1. The lowest BCUT2D eigenvalue weighted by Gasteiger charge is -2.07. The molecule has 2 aromatic heterocycles. The molecule has 0 fully saturated rings. The van der Waals surface area contributed by atoms with Gasteiger partial charge in [0.2, 0.25) is 0 Å². The third-order valence-electron chi connectivity index (χ3n) is 3.99.